The molecule has 2 heterocycles. The Morgan fingerprint density at radius 3 is 2.46 bits per heavy atom. The van der Waals surface area contributed by atoms with Crippen molar-refractivity contribution in [2.75, 3.05) is 26.7 Å². The lowest BCUT2D eigenvalue weighted by atomic mass is 10.2. The number of guanidine groups is 1. The summed E-state index contributed by atoms with van der Waals surface area (Å²) >= 11 is 0. The summed E-state index contributed by atoms with van der Waals surface area (Å²) < 4.78 is 2.09. The molecular formula is C21H37IN6. The highest BCUT2D eigenvalue weighted by molar-refractivity contribution is 14.0. The standard InChI is InChI=1S/C21H36N6.HI/c1-16(2)27(17(3)4)14-8-11-23-21(22-6)24-12-10-19-15-26-13-7-9-18(5)20(26)25-19;/h7,9,13,15-17H,8,10-12,14H2,1-6H3,(H2,22,23,24);1H. The van der Waals surface area contributed by atoms with Crippen LogP contribution < -0.4 is 10.6 Å². The summed E-state index contributed by atoms with van der Waals surface area (Å²) in [7, 11) is 1.82. The quantitative estimate of drug-likeness (QED) is 0.240. The normalized spacial score (nSPS) is 12.1. The molecule has 2 N–H and O–H groups in total. The molecule has 28 heavy (non-hydrogen) atoms. The van der Waals surface area contributed by atoms with Gasteiger partial charge in [0.05, 0.1) is 5.69 Å². The Morgan fingerprint density at radius 2 is 1.86 bits per heavy atom. The van der Waals surface area contributed by atoms with Gasteiger partial charge in [-0.3, -0.25) is 9.89 Å². The van der Waals surface area contributed by atoms with Crippen LogP contribution in [0.5, 0.6) is 0 Å². The van der Waals surface area contributed by atoms with E-state index in [0.717, 1.165) is 49.8 Å². The van der Waals surface area contributed by atoms with Crippen molar-refractivity contribution in [3.05, 3.63) is 35.8 Å². The Labute approximate surface area is 187 Å². The minimum absolute atomic E-state index is 0. The van der Waals surface area contributed by atoms with Gasteiger partial charge < -0.3 is 15.0 Å². The summed E-state index contributed by atoms with van der Waals surface area (Å²) in [5, 5.41) is 6.80. The van der Waals surface area contributed by atoms with Crippen LogP contribution in [0.2, 0.25) is 0 Å². The molecule has 2 rings (SSSR count). The highest BCUT2D eigenvalue weighted by atomic mass is 127. The van der Waals surface area contributed by atoms with Gasteiger partial charge in [-0.05, 0) is 52.7 Å². The molecular weight excluding hydrogens is 463 g/mol. The smallest absolute Gasteiger partial charge is 0.190 e. The van der Waals surface area contributed by atoms with E-state index in [2.05, 4.69) is 77.9 Å². The number of hydrogen-bond donors (Lipinski definition) is 2. The molecule has 0 saturated heterocycles. The fourth-order valence-corrected chi connectivity index (χ4v) is 3.44. The van der Waals surface area contributed by atoms with Gasteiger partial charge in [0.1, 0.15) is 5.65 Å². The fourth-order valence-electron chi connectivity index (χ4n) is 3.44. The Kier molecular flexibility index (Phi) is 10.8. The van der Waals surface area contributed by atoms with Gasteiger partial charge in [-0.25, -0.2) is 4.98 Å². The summed E-state index contributed by atoms with van der Waals surface area (Å²) in [4.78, 5) is 11.6. The summed E-state index contributed by atoms with van der Waals surface area (Å²) in [6, 6.07) is 5.31. The average molecular weight is 500 g/mol. The van der Waals surface area contributed by atoms with E-state index in [1.165, 1.54) is 5.56 Å². The first-order chi connectivity index (χ1) is 12.9. The number of halogens is 1. The Balaban J connectivity index is 0.00000392. The third-order valence-corrected chi connectivity index (χ3v) is 4.84. The molecule has 2 aromatic heterocycles. The number of rotatable bonds is 9. The molecule has 158 valence electrons. The number of hydrogen-bond acceptors (Lipinski definition) is 3. The minimum atomic E-state index is 0. The molecule has 0 fully saturated rings. The lowest BCUT2D eigenvalue weighted by Crippen LogP contribution is -2.41. The van der Waals surface area contributed by atoms with Crippen molar-refractivity contribution in [3.63, 3.8) is 0 Å². The highest BCUT2D eigenvalue weighted by Gasteiger charge is 2.12. The second-order valence-electron chi connectivity index (χ2n) is 7.61. The number of nitrogens with one attached hydrogen (secondary N) is 2. The van der Waals surface area contributed by atoms with Gasteiger partial charge >= 0.3 is 0 Å². The molecule has 6 nitrogen and oxygen atoms in total. The van der Waals surface area contributed by atoms with Crippen LogP contribution in [-0.4, -0.2) is 59.0 Å². The van der Waals surface area contributed by atoms with Crippen molar-refractivity contribution >= 4 is 35.6 Å². The van der Waals surface area contributed by atoms with Gasteiger partial charge in [0.15, 0.2) is 5.96 Å². The van der Waals surface area contributed by atoms with E-state index >= 15 is 0 Å². The molecule has 0 saturated carbocycles. The number of pyridine rings is 1. The zero-order valence-corrected chi connectivity index (χ0v) is 20.5. The predicted octanol–water partition coefficient (Wildman–Crippen LogP) is 3.48. The fraction of sp³-hybridized carbons (Fsp3) is 0.619. The first kappa shape index (κ1) is 24.7. The third kappa shape index (κ3) is 7.24. The van der Waals surface area contributed by atoms with Crippen molar-refractivity contribution in [3.8, 4) is 0 Å². The summed E-state index contributed by atoms with van der Waals surface area (Å²) in [5.74, 6) is 0.857. The third-order valence-electron chi connectivity index (χ3n) is 4.84. The van der Waals surface area contributed by atoms with E-state index in [4.69, 9.17) is 4.98 Å². The average Bonchev–Trinajstić information content (AvgIpc) is 3.03. The molecule has 0 amide bonds. The first-order valence-corrected chi connectivity index (χ1v) is 10.1. The van der Waals surface area contributed by atoms with Crippen molar-refractivity contribution in [2.45, 2.75) is 59.5 Å². The lowest BCUT2D eigenvalue weighted by Gasteiger charge is -2.30. The van der Waals surface area contributed by atoms with Gasteiger partial charge in [-0.1, -0.05) is 6.07 Å². The van der Waals surface area contributed by atoms with Crippen LogP contribution in [0.15, 0.2) is 29.5 Å². The molecule has 0 bridgehead atoms. The maximum Gasteiger partial charge on any atom is 0.190 e. The molecule has 0 aliphatic heterocycles. The molecule has 0 spiro atoms. The topological polar surface area (TPSA) is 57.0 Å². The van der Waals surface area contributed by atoms with Crippen LogP contribution in [-0.2, 0) is 6.42 Å². The molecule has 0 aromatic carbocycles. The lowest BCUT2D eigenvalue weighted by molar-refractivity contribution is 0.173. The Morgan fingerprint density at radius 1 is 1.18 bits per heavy atom. The number of imidazole rings is 1. The second-order valence-corrected chi connectivity index (χ2v) is 7.61. The Bertz CT molecular complexity index is 730. The van der Waals surface area contributed by atoms with E-state index in [1.54, 1.807) is 0 Å². The van der Waals surface area contributed by atoms with E-state index in [0.29, 0.717) is 12.1 Å². The number of fused-ring (bicyclic) bond motifs is 1. The zero-order chi connectivity index (χ0) is 19.8. The number of nitrogens with zero attached hydrogens (tertiary/aromatic N) is 4. The van der Waals surface area contributed by atoms with Crippen LogP contribution in [0, 0.1) is 6.92 Å². The first-order valence-electron chi connectivity index (χ1n) is 10.1. The highest BCUT2D eigenvalue weighted by Crippen LogP contribution is 2.10. The second kappa shape index (κ2) is 12.3. The molecule has 0 atom stereocenters. The van der Waals surface area contributed by atoms with E-state index in [1.807, 2.05) is 13.2 Å². The van der Waals surface area contributed by atoms with Gasteiger partial charge in [0, 0.05) is 57.6 Å². The van der Waals surface area contributed by atoms with Gasteiger partial charge in [0.25, 0.3) is 0 Å². The van der Waals surface area contributed by atoms with Crippen LogP contribution in [0.25, 0.3) is 5.65 Å². The number of aromatic nitrogens is 2. The van der Waals surface area contributed by atoms with Crippen LogP contribution in [0.4, 0.5) is 0 Å². The molecule has 7 heteroatoms. The Hall–Kier alpha value is -1.35. The maximum atomic E-state index is 4.72. The number of aliphatic imine (C=N–C) groups is 1. The predicted molar refractivity (Wildman–Crippen MR) is 130 cm³/mol. The van der Waals surface area contributed by atoms with Crippen molar-refractivity contribution in [2.24, 2.45) is 4.99 Å². The number of aryl methyl sites for hydroxylation is 1. The van der Waals surface area contributed by atoms with E-state index < -0.39 is 0 Å². The monoisotopic (exact) mass is 500 g/mol. The van der Waals surface area contributed by atoms with Gasteiger partial charge in [0.2, 0.25) is 0 Å². The van der Waals surface area contributed by atoms with Gasteiger partial charge in [-0.15, -0.1) is 24.0 Å². The maximum absolute atomic E-state index is 4.72. The van der Waals surface area contributed by atoms with Crippen LogP contribution >= 0.6 is 24.0 Å². The van der Waals surface area contributed by atoms with Crippen molar-refractivity contribution in [1.82, 2.24) is 24.9 Å². The minimum Gasteiger partial charge on any atom is -0.356 e. The molecule has 2 aromatic rings. The SMILES string of the molecule is CN=C(NCCCN(C(C)C)C(C)C)NCCc1cn2cccc(C)c2n1.I. The summed E-state index contributed by atoms with van der Waals surface area (Å²) in [5.41, 5.74) is 3.33. The van der Waals surface area contributed by atoms with Crippen LogP contribution in [0.1, 0.15) is 45.4 Å². The van der Waals surface area contributed by atoms with E-state index in [9.17, 15) is 0 Å². The molecule has 0 aliphatic carbocycles. The van der Waals surface area contributed by atoms with E-state index in [-0.39, 0.29) is 24.0 Å². The zero-order valence-electron chi connectivity index (χ0n) is 18.2. The summed E-state index contributed by atoms with van der Waals surface area (Å²) in [6.07, 6.45) is 6.12. The van der Waals surface area contributed by atoms with Gasteiger partial charge in [-0.2, -0.15) is 0 Å². The van der Waals surface area contributed by atoms with Crippen molar-refractivity contribution < 1.29 is 0 Å². The molecule has 0 radical (unpaired) electrons. The van der Waals surface area contributed by atoms with Crippen molar-refractivity contribution in [1.29, 1.82) is 0 Å². The van der Waals surface area contributed by atoms with Crippen LogP contribution in [0.3, 0.4) is 0 Å². The molecule has 0 aliphatic rings. The largest absolute Gasteiger partial charge is 0.356 e. The summed E-state index contributed by atoms with van der Waals surface area (Å²) in [6.45, 7) is 14.0. The molecule has 0 unspecified atom stereocenters.